The van der Waals surface area contributed by atoms with Crippen LogP contribution in [0.1, 0.15) is 12.8 Å². The van der Waals surface area contributed by atoms with Crippen LogP contribution >= 0.6 is 0 Å². The molecule has 0 aliphatic carbocycles. The summed E-state index contributed by atoms with van der Waals surface area (Å²) >= 11 is 0. The SMILES string of the molecule is C[Si](C)(C)CCOC(=O)N[C@H]1CON(C2(C(=O)[O-])CCC(=O)O2)C1=O.[Na+]. The summed E-state index contributed by atoms with van der Waals surface area (Å²) in [4.78, 5) is 51.8. The van der Waals surface area contributed by atoms with E-state index in [1.807, 2.05) is 0 Å². The van der Waals surface area contributed by atoms with E-state index < -0.39 is 43.8 Å². The minimum absolute atomic E-state index is 0. The van der Waals surface area contributed by atoms with Gasteiger partial charge in [-0.2, -0.15) is 5.06 Å². The van der Waals surface area contributed by atoms with Gasteiger partial charge in [0.15, 0.2) is 0 Å². The van der Waals surface area contributed by atoms with Gasteiger partial charge in [0.1, 0.15) is 18.6 Å². The fraction of sp³-hybridized carbons (Fsp3) is 0.714. The molecule has 0 saturated carbocycles. The van der Waals surface area contributed by atoms with E-state index in [1.54, 1.807) is 0 Å². The number of cyclic esters (lactones) is 1. The molecule has 12 heteroatoms. The van der Waals surface area contributed by atoms with Crippen LogP contribution in [0, 0.1) is 0 Å². The van der Waals surface area contributed by atoms with Crippen molar-refractivity contribution in [1.82, 2.24) is 10.4 Å². The van der Waals surface area contributed by atoms with Crippen molar-refractivity contribution in [3.05, 3.63) is 0 Å². The van der Waals surface area contributed by atoms with E-state index in [0.717, 1.165) is 6.04 Å². The van der Waals surface area contributed by atoms with Gasteiger partial charge in [-0.05, 0) is 6.04 Å². The Bertz CT molecular complexity index is 596. The van der Waals surface area contributed by atoms with Crippen molar-refractivity contribution in [3.8, 4) is 0 Å². The first-order valence-corrected chi connectivity index (χ1v) is 11.6. The number of hydroxylamine groups is 2. The van der Waals surface area contributed by atoms with Gasteiger partial charge in [-0.25, -0.2) is 4.79 Å². The van der Waals surface area contributed by atoms with Crippen molar-refractivity contribution in [2.24, 2.45) is 0 Å². The summed E-state index contributed by atoms with van der Waals surface area (Å²) in [5.41, 5.74) is -2.30. The standard InChI is InChI=1S/C14H22N2O8Si.Na/c1-25(2,3)7-6-22-13(21)15-9-8-23-16(11(9)18)14(12(19)20)5-4-10(17)24-14;/h9H,4-8H2,1-3H3,(H,15,21)(H,19,20);/q;+1/p-1/t9-,14?;/m0./s1. The van der Waals surface area contributed by atoms with Gasteiger partial charge in [-0.1, -0.05) is 19.6 Å². The number of alkyl carbamates (subject to hydrolysis) is 1. The molecule has 2 aliphatic heterocycles. The number of nitrogens with one attached hydrogen (secondary N) is 1. The summed E-state index contributed by atoms with van der Waals surface area (Å²) in [5.74, 6) is -3.38. The molecule has 2 fully saturated rings. The van der Waals surface area contributed by atoms with Gasteiger partial charge in [0.05, 0.1) is 13.0 Å². The molecule has 2 saturated heterocycles. The molecule has 26 heavy (non-hydrogen) atoms. The van der Waals surface area contributed by atoms with Crippen molar-refractivity contribution < 1.29 is 68.2 Å². The molecule has 140 valence electrons. The van der Waals surface area contributed by atoms with Crippen LogP contribution < -0.4 is 40.0 Å². The Balaban J connectivity index is 0.00000338. The van der Waals surface area contributed by atoms with E-state index in [0.29, 0.717) is 5.06 Å². The predicted octanol–water partition coefficient (Wildman–Crippen LogP) is -4.02. The second-order valence-electron chi connectivity index (χ2n) is 7.12. The maximum absolute atomic E-state index is 12.3. The second-order valence-corrected chi connectivity index (χ2v) is 12.7. The first-order chi connectivity index (χ1) is 11.5. The van der Waals surface area contributed by atoms with Gasteiger partial charge in [-0.15, -0.1) is 0 Å². The number of carboxylic acid groups (broad SMARTS) is 1. The Morgan fingerprint density at radius 2 is 2.04 bits per heavy atom. The number of hydrogen-bond donors (Lipinski definition) is 1. The molecule has 2 rings (SSSR count). The molecule has 0 spiro atoms. The van der Waals surface area contributed by atoms with Crippen LogP contribution in [0.15, 0.2) is 0 Å². The Morgan fingerprint density at radius 3 is 2.54 bits per heavy atom. The minimum Gasteiger partial charge on any atom is -0.544 e. The summed E-state index contributed by atoms with van der Waals surface area (Å²) in [6, 6.07) is -0.360. The fourth-order valence-electron chi connectivity index (χ4n) is 2.38. The Hall–Kier alpha value is -1.14. The van der Waals surface area contributed by atoms with Crippen LogP contribution in [0.5, 0.6) is 0 Å². The number of rotatable bonds is 6. The number of amides is 2. The number of esters is 1. The summed E-state index contributed by atoms with van der Waals surface area (Å²) in [6.45, 7) is 6.32. The number of aliphatic carboxylic acids is 1. The van der Waals surface area contributed by atoms with E-state index in [4.69, 9.17) is 14.3 Å². The number of nitrogens with zero attached hydrogens (tertiary/aromatic N) is 1. The summed E-state index contributed by atoms with van der Waals surface area (Å²) in [6.07, 6.45) is -1.27. The van der Waals surface area contributed by atoms with Gasteiger partial charge in [-0.3, -0.25) is 14.4 Å². The first-order valence-electron chi connectivity index (χ1n) is 7.89. The molecule has 0 radical (unpaired) electrons. The van der Waals surface area contributed by atoms with Crippen molar-refractivity contribution >= 4 is 32.0 Å². The van der Waals surface area contributed by atoms with Crippen LogP contribution in [0.2, 0.25) is 25.7 Å². The fourth-order valence-corrected chi connectivity index (χ4v) is 3.09. The van der Waals surface area contributed by atoms with E-state index in [9.17, 15) is 24.3 Å². The van der Waals surface area contributed by atoms with E-state index in [2.05, 4.69) is 25.0 Å². The minimum atomic E-state index is -2.30. The maximum atomic E-state index is 12.3. The normalized spacial score (nSPS) is 25.5. The summed E-state index contributed by atoms with van der Waals surface area (Å²) in [7, 11) is -1.37. The third kappa shape index (κ3) is 5.19. The molecule has 2 aliphatic rings. The molecule has 0 bridgehead atoms. The van der Waals surface area contributed by atoms with Gasteiger partial charge >= 0.3 is 41.6 Å². The number of hydrogen-bond acceptors (Lipinski definition) is 8. The largest absolute Gasteiger partial charge is 1.00 e. The number of carboxylic acids is 1. The van der Waals surface area contributed by atoms with Gasteiger partial charge < -0.3 is 24.7 Å². The average molecular weight is 396 g/mol. The predicted molar refractivity (Wildman–Crippen MR) is 82.3 cm³/mol. The molecule has 0 aromatic rings. The maximum Gasteiger partial charge on any atom is 1.00 e. The van der Waals surface area contributed by atoms with Crippen molar-refractivity contribution in [1.29, 1.82) is 0 Å². The topological polar surface area (TPSA) is 134 Å². The molecule has 2 atom stereocenters. The molecule has 2 heterocycles. The zero-order valence-electron chi connectivity index (χ0n) is 15.3. The van der Waals surface area contributed by atoms with Crippen LogP contribution in [-0.4, -0.2) is 62.1 Å². The molecular formula is C14H21N2NaO8Si. The first kappa shape index (κ1) is 22.9. The number of carbonyl (C=O) groups excluding carboxylic acids is 4. The molecule has 2 amide bonds. The van der Waals surface area contributed by atoms with E-state index in [-0.39, 0.29) is 55.6 Å². The molecule has 0 aromatic heterocycles. The monoisotopic (exact) mass is 396 g/mol. The van der Waals surface area contributed by atoms with Gasteiger partial charge in [0.2, 0.25) is 0 Å². The molecular weight excluding hydrogens is 375 g/mol. The third-order valence-corrected chi connectivity index (χ3v) is 5.55. The van der Waals surface area contributed by atoms with Crippen molar-refractivity contribution in [3.63, 3.8) is 0 Å². The molecule has 1 unspecified atom stereocenters. The Morgan fingerprint density at radius 1 is 1.38 bits per heavy atom. The quantitative estimate of drug-likeness (QED) is 0.354. The smallest absolute Gasteiger partial charge is 0.544 e. The van der Waals surface area contributed by atoms with E-state index >= 15 is 0 Å². The number of ether oxygens (including phenoxy) is 2. The Kier molecular flexibility index (Phi) is 7.66. The zero-order valence-corrected chi connectivity index (χ0v) is 18.3. The van der Waals surface area contributed by atoms with Crippen LogP contribution in [0.4, 0.5) is 4.79 Å². The number of carbonyl (C=O) groups is 4. The van der Waals surface area contributed by atoms with Gasteiger partial charge in [0, 0.05) is 14.5 Å². The molecule has 10 nitrogen and oxygen atoms in total. The molecule has 0 aromatic carbocycles. The summed E-state index contributed by atoms with van der Waals surface area (Å²) < 4.78 is 9.78. The van der Waals surface area contributed by atoms with E-state index in [1.165, 1.54) is 0 Å². The Labute approximate surface area is 173 Å². The van der Waals surface area contributed by atoms with Crippen molar-refractivity contribution in [2.75, 3.05) is 13.2 Å². The zero-order chi connectivity index (χ0) is 18.8. The average Bonchev–Trinajstić information content (AvgIpc) is 3.03. The van der Waals surface area contributed by atoms with Crippen molar-refractivity contribution in [2.45, 2.75) is 50.3 Å². The van der Waals surface area contributed by atoms with Crippen LogP contribution in [0.3, 0.4) is 0 Å². The van der Waals surface area contributed by atoms with Crippen LogP contribution in [0.25, 0.3) is 0 Å². The van der Waals surface area contributed by atoms with Gasteiger partial charge in [0.25, 0.3) is 11.6 Å². The third-order valence-electron chi connectivity index (χ3n) is 3.84. The summed E-state index contributed by atoms with van der Waals surface area (Å²) in [5, 5.41) is 14.2. The van der Waals surface area contributed by atoms with Crippen LogP contribution in [-0.2, 0) is 28.7 Å². The molecule has 1 N–H and O–H groups in total. The second kappa shape index (κ2) is 8.70.